The number of ether oxygens (including phenoxy) is 1. The fourth-order valence-corrected chi connectivity index (χ4v) is 3.09. The molecule has 0 amide bonds. The number of quaternary nitrogens is 1. The summed E-state index contributed by atoms with van der Waals surface area (Å²) in [5, 5.41) is 0. The third-order valence-electron chi connectivity index (χ3n) is 4.40. The second-order valence-electron chi connectivity index (χ2n) is 5.85. The van der Waals surface area contributed by atoms with E-state index in [2.05, 4.69) is 24.3 Å². The van der Waals surface area contributed by atoms with E-state index < -0.39 is 0 Å². The Morgan fingerprint density at radius 3 is 2.70 bits per heavy atom. The molecule has 2 aromatic rings. The summed E-state index contributed by atoms with van der Waals surface area (Å²) in [6.45, 7) is 3.04. The van der Waals surface area contributed by atoms with Crippen molar-refractivity contribution in [2.24, 2.45) is 0 Å². The Morgan fingerprint density at radius 1 is 1.13 bits per heavy atom. The van der Waals surface area contributed by atoms with Crippen LogP contribution >= 0.6 is 0 Å². The van der Waals surface area contributed by atoms with Gasteiger partial charge in [0.1, 0.15) is 12.3 Å². The van der Waals surface area contributed by atoms with Gasteiger partial charge in [0, 0.05) is 17.5 Å². The number of carbonyl (C=O) groups is 1. The molecule has 2 aromatic carbocycles. The molecular formula is C19H22ClNO2. The van der Waals surface area contributed by atoms with Gasteiger partial charge in [-0.25, -0.2) is 0 Å². The van der Waals surface area contributed by atoms with E-state index in [4.69, 9.17) is 4.74 Å². The zero-order valence-corrected chi connectivity index (χ0v) is 14.1. The molecule has 0 spiro atoms. The van der Waals surface area contributed by atoms with Gasteiger partial charge in [-0.1, -0.05) is 36.4 Å². The van der Waals surface area contributed by atoms with Gasteiger partial charge in [-0.2, -0.15) is 0 Å². The first-order valence-corrected chi connectivity index (χ1v) is 7.84. The van der Waals surface area contributed by atoms with Gasteiger partial charge in [-0.3, -0.25) is 4.79 Å². The lowest BCUT2D eigenvalue weighted by Gasteiger charge is -2.25. The summed E-state index contributed by atoms with van der Waals surface area (Å²) in [6, 6.07) is 16.1. The molecule has 3 nitrogen and oxygen atoms in total. The van der Waals surface area contributed by atoms with E-state index in [0.717, 1.165) is 37.4 Å². The van der Waals surface area contributed by atoms with Gasteiger partial charge in [0.2, 0.25) is 0 Å². The van der Waals surface area contributed by atoms with E-state index in [-0.39, 0.29) is 18.2 Å². The Kier molecular flexibility index (Phi) is 6.20. The smallest absolute Gasteiger partial charge is 0.168 e. The fraction of sp³-hybridized carbons (Fsp3) is 0.316. The summed E-state index contributed by atoms with van der Waals surface area (Å²) in [7, 11) is 1.62. The van der Waals surface area contributed by atoms with E-state index >= 15 is 0 Å². The first-order valence-electron chi connectivity index (χ1n) is 7.84. The van der Waals surface area contributed by atoms with Crippen LogP contribution in [-0.2, 0) is 13.0 Å². The maximum absolute atomic E-state index is 12.3. The molecule has 0 aromatic heterocycles. The van der Waals surface area contributed by atoms with Crippen molar-refractivity contribution in [2.75, 3.05) is 20.2 Å². The first kappa shape index (κ1) is 17.5. The van der Waals surface area contributed by atoms with Gasteiger partial charge in [0.15, 0.2) is 5.78 Å². The fourth-order valence-electron chi connectivity index (χ4n) is 3.09. The molecule has 0 radical (unpaired) electrons. The number of rotatable bonds is 5. The first-order chi connectivity index (χ1) is 10.8. The largest absolute Gasteiger partial charge is 1.00 e. The molecule has 0 saturated carbocycles. The molecule has 0 fully saturated rings. The van der Waals surface area contributed by atoms with Crippen LogP contribution in [0.5, 0.6) is 5.75 Å². The normalized spacial score (nSPS) is 16.1. The molecular weight excluding hydrogens is 310 g/mol. The number of Topliss-reactive ketones (excluding diaryl/α,β-unsaturated/α-hetero) is 1. The van der Waals surface area contributed by atoms with Gasteiger partial charge in [0.05, 0.1) is 26.6 Å². The predicted octanol–water partition coefficient (Wildman–Crippen LogP) is -1.09. The van der Waals surface area contributed by atoms with Crippen molar-refractivity contribution in [3.8, 4) is 5.75 Å². The lowest BCUT2D eigenvalue weighted by atomic mass is 9.99. The highest BCUT2D eigenvalue weighted by molar-refractivity contribution is 5.96. The minimum absolute atomic E-state index is 0. The third-order valence-corrected chi connectivity index (χ3v) is 4.40. The van der Waals surface area contributed by atoms with Gasteiger partial charge in [0.25, 0.3) is 0 Å². The molecule has 3 rings (SSSR count). The van der Waals surface area contributed by atoms with Crippen molar-refractivity contribution in [3.05, 3.63) is 65.2 Å². The maximum Gasteiger partial charge on any atom is 0.168 e. The number of methoxy groups -OCH3 is 1. The number of fused-ring (bicyclic) bond motifs is 1. The van der Waals surface area contributed by atoms with Crippen LogP contribution in [-0.4, -0.2) is 26.0 Å². The number of carbonyl (C=O) groups excluding carboxylic acids is 1. The lowest BCUT2D eigenvalue weighted by molar-refractivity contribution is -0.915. The summed E-state index contributed by atoms with van der Waals surface area (Å²) in [5.41, 5.74) is 3.64. The number of benzene rings is 2. The molecule has 1 atom stereocenters. The molecule has 23 heavy (non-hydrogen) atoms. The SMILES string of the molecule is COc1cccc(C(=O)CC[NH+]2CCc3ccccc3C2)c1.[Cl-]. The molecule has 122 valence electrons. The van der Waals surface area contributed by atoms with E-state index in [1.54, 1.807) is 7.11 Å². The van der Waals surface area contributed by atoms with E-state index in [1.807, 2.05) is 24.3 Å². The van der Waals surface area contributed by atoms with E-state index in [9.17, 15) is 4.79 Å². The van der Waals surface area contributed by atoms with Crippen molar-refractivity contribution < 1.29 is 26.8 Å². The minimum Gasteiger partial charge on any atom is -1.00 e. The van der Waals surface area contributed by atoms with E-state index in [0.29, 0.717) is 6.42 Å². The number of ketones is 1. The van der Waals surface area contributed by atoms with Crippen LogP contribution in [0.25, 0.3) is 0 Å². The van der Waals surface area contributed by atoms with Gasteiger partial charge in [-0.05, 0) is 17.7 Å². The van der Waals surface area contributed by atoms with Crippen molar-refractivity contribution in [1.29, 1.82) is 0 Å². The molecule has 0 aliphatic carbocycles. The molecule has 4 heteroatoms. The molecule has 1 N–H and O–H groups in total. The Hall–Kier alpha value is -1.84. The highest BCUT2D eigenvalue weighted by Crippen LogP contribution is 2.14. The van der Waals surface area contributed by atoms with Crippen LogP contribution < -0.4 is 22.0 Å². The summed E-state index contributed by atoms with van der Waals surface area (Å²) < 4.78 is 5.18. The second-order valence-corrected chi connectivity index (χ2v) is 5.85. The standard InChI is InChI=1S/C19H21NO2.ClH/c1-22-18-8-4-7-16(13-18)19(21)10-12-20-11-9-15-5-2-3-6-17(15)14-20;/h2-8,13H,9-12,14H2,1H3;1H. The van der Waals surface area contributed by atoms with Crippen LogP contribution in [0.2, 0.25) is 0 Å². The second kappa shape index (κ2) is 8.14. The number of halogens is 1. The average Bonchev–Trinajstić information content (AvgIpc) is 2.59. The Labute approximate surface area is 143 Å². The zero-order chi connectivity index (χ0) is 15.4. The third kappa shape index (κ3) is 4.34. The van der Waals surface area contributed by atoms with Crippen molar-refractivity contribution in [2.45, 2.75) is 19.4 Å². The summed E-state index contributed by atoms with van der Waals surface area (Å²) in [5.74, 6) is 0.940. The van der Waals surface area contributed by atoms with Crippen LogP contribution in [0.4, 0.5) is 0 Å². The lowest BCUT2D eigenvalue weighted by Crippen LogP contribution is -3.11. The van der Waals surface area contributed by atoms with Gasteiger partial charge in [-0.15, -0.1) is 0 Å². The number of nitrogens with one attached hydrogen (secondary N) is 1. The molecule has 1 heterocycles. The highest BCUT2D eigenvalue weighted by Gasteiger charge is 2.19. The Morgan fingerprint density at radius 2 is 1.91 bits per heavy atom. The van der Waals surface area contributed by atoms with Crippen molar-refractivity contribution >= 4 is 5.78 Å². The van der Waals surface area contributed by atoms with Crippen molar-refractivity contribution in [1.82, 2.24) is 0 Å². The Balaban J connectivity index is 0.00000192. The quantitative estimate of drug-likeness (QED) is 0.706. The van der Waals surface area contributed by atoms with E-state index in [1.165, 1.54) is 16.0 Å². The molecule has 1 unspecified atom stereocenters. The monoisotopic (exact) mass is 331 g/mol. The molecule has 0 bridgehead atoms. The highest BCUT2D eigenvalue weighted by atomic mass is 35.5. The van der Waals surface area contributed by atoms with Crippen LogP contribution in [0.1, 0.15) is 27.9 Å². The zero-order valence-electron chi connectivity index (χ0n) is 13.3. The Bertz CT molecular complexity index is 672. The topological polar surface area (TPSA) is 30.7 Å². The van der Waals surface area contributed by atoms with Gasteiger partial charge < -0.3 is 22.0 Å². The van der Waals surface area contributed by atoms with Crippen LogP contribution in [0.3, 0.4) is 0 Å². The number of hydrogen-bond donors (Lipinski definition) is 1. The average molecular weight is 332 g/mol. The van der Waals surface area contributed by atoms with Gasteiger partial charge >= 0.3 is 0 Å². The number of hydrogen-bond acceptors (Lipinski definition) is 2. The molecule has 0 saturated heterocycles. The summed E-state index contributed by atoms with van der Waals surface area (Å²) in [6.07, 6.45) is 1.70. The maximum atomic E-state index is 12.3. The molecule has 1 aliphatic rings. The summed E-state index contributed by atoms with van der Waals surface area (Å²) in [4.78, 5) is 13.8. The molecule has 1 aliphatic heterocycles. The van der Waals surface area contributed by atoms with Crippen LogP contribution in [0.15, 0.2) is 48.5 Å². The predicted molar refractivity (Wildman–Crippen MR) is 86.5 cm³/mol. The summed E-state index contributed by atoms with van der Waals surface area (Å²) >= 11 is 0. The van der Waals surface area contributed by atoms with Crippen molar-refractivity contribution in [3.63, 3.8) is 0 Å². The van der Waals surface area contributed by atoms with Crippen LogP contribution in [0, 0.1) is 0 Å². The minimum atomic E-state index is 0.